The standard InChI is InChI=1S/C43H29INO2/c1-26(27-10-4-3-5-11-27)45-39-25-29(16-22-38(39)44-2)31-19-18-30(32-12-6-7-13-33(31)32)28-17-23-41-37(24-28)36-21-20-35-34-14-8-9-15-40(34)46-42(35)43(36)47-41/h3-25H,1-2H3/q-1. The summed E-state index contributed by atoms with van der Waals surface area (Å²) in [7, 11) is 0. The van der Waals surface area contributed by atoms with E-state index >= 15 is 0 Å². The fraction of sp³-hybridized carbons (Fsp3) is 0.0465. The molecule has 0 bridgehead atoms. The van der Waals surface area contributed by atoms with Gasteiger partial charge < -0.3 is 8.83 Å². The van der Waals surface area contributed by atoms with Crippen molar-refractivity contribution in [3.63, 3.8) is 0 Å². The van der Waals surface area contributed by atoms with Crippen LogP contribution in [0.4, 0.5) is 5.69 Å². The van der Waals surface area contributed by atoms with E-state index in [2.05, 4.69) is 127 Å². The molecule has 0 fully saturated rings. The summed E-state index contributed by atoms with van der Waals surface area (Å²) in [6.07, 6.45) is 0. The van der Waals surface area contributed by atoms with Crippen LogP contribution >= 0.6 is 0 Å². The van der Waals surface area contributed by atoms with Crippen molar-refractivity contribution in [2.45, 2.75) is 6.92 Å². The van der Waals surface area contributed by atoms with E-state index in [1.54, 1.807) is 0 Å². The van der Waals surface area contributed by atoms with Gasteiger partial charge in [-0.3, -0.25) is 0 Å². The Bertz CT molecular complexity index is 2680. The average molecular weight is 719 g/mol. The molecule has 2 aromatic heterocycles. The Hall–Kier alpha value is -5.20. The molecule has 0 amide bonds. The second-order valence-corrected chi connectivity index (χ2v) is 14.1. The van der Waals surface area contributed by atoms with E-state index in [-0.39, 0.29) is 21.2 Å². The van der Waals surface area contributed by atoms with Crippen LogP contribution in [0.25, 0.3) is 76.9 Å². The van der Waals surface area contributed by atoms with Gasteiger partial charge in [0.2, 0.25) is 0 Å². The average Bonchev–Trinajstić information content (AvgIpc) is 3.70. The molecule has 4 heteroatoms. The van der Waals surface area contributed by atoms with E-state index in [9.17, 15) is 0 Å². The van der Waals surface area contributed by atoms with E-state index in [1.165, 1.54) is 31.0 Å². The molecule has 0 radical (unpaired) electrons. The summed E-state index contributed by atoms with van der Waals surface area (Å²) in [5.74, 6) is 0. The topological polar surface area (TPSA) is 38.6 Å². The number of para-hydroxylation sites is 1. The van der Waals surface area contributed by atoms with Crippen molar-refractivity contribution in [2.24, 2.45) is 4.99 Å². The van der Waals surface area contributed by atoms with Crippen molar-refractivity contribution in [1.29, 1.82) is 0 Å². The molecule has 2 heterocycles. The van der Waals surface area contributed by atoms with Gasteiger partial charge >= 0.3 is 211 Å². The molecule has 47 heavy (non-hydrogen) atoms. The summed E-state index contributed by atoms with van der Waals surface area (Å²) in [6, 6.07) is 49.5. The van der Waals surface area contributed by atoms with Crippen LogP contribution in [0.3, 0.4) is 0 Å². The Labute approximate surface area is 282 Å². The van der Waals surface area contributed by atoms with Crippen molar-refractivity contribution in [3.05, 3.63) is 149 Å². The zero-order valence-corrected chi connectivity index (χ0v) is 28.1. The van der Waals surface area contributed by atoms with E-state index in [4.69, 9.17) is 13.8 Å². The molecule has 9 aromatic rings. The monoisotopic (exact) mass is 718 g/mol. The molecular weight excluding hydrogens is 689 g/mol. The zero-order valence-electron chi connectivity index (χ0n) is 25.9. The van der Waals surface area contributed by atoms with E-state index in [0.29, 0.717) is 0 Å². The number of aliphatic imine (C=N–C) groups is 1. The molecule has 3 nitrogen and oxygen atoms in total. The van der Waals surface area contributed by atoms with Gasteiger partial charge in [-0.2, -0.15) is 0 Å². The Balaban J connectivity index is 1.17. The normalized spacial score (nSPS) is 12.3. The molecule has 0 saturated heterocycles. The van der Waals surface area contributed by atoms with Gasteiger partial charge in [0.05, 0.1) is 0 Å². The van der Waals surface area contributed by atoms with Gasteiger partial charge in [0.25, 0.3) is 0 Å². The number of furan rings is 2. The summed E-state index contributed by atoms with van der Waals surface area (Å²) in [4.78, 5) is 7.44. The van der Waals surface area contributed by atoms with E-state index < -0.39 is 0 Å². The molecule has 0 saturated carbocycles. The SMILES string of the molecule is C[I-]c1ccc(-c2ccc(-c3ccc4oc5c(ccc6c7ccccc7oc65)c4c3)c3ccccc23)cc1N=C(C)c1ccccc1. The molecule has 0 aliphatic heterocycles. The first kappa shape index (κ1) is 28.1. The number of nitrogens with zero attached hydrogens (tertiary/aromatic N) is 1. The number of halogens is 1. The molecule has 0 N–H and O–H groups in total. The van der Waals surface area contributed by atoms with E-state index in [1.807, 2.05) is 24.3 Å². The Morgan fingerprint density at radius 1 is 0.511 bits per heavy atom. The molecule has 0 spiro atoms. The van der Waals surface area contributed by atoms with Crippen molar-refractivity contribution in [1.82, 2.24) is 0 Å². The maximum absolute atomic E-state index is 6.43. The minimum atomic E-state index is -0.129. The summed E-state index contributed by atoms with van der Waals surface area (Å²) in [6.45, 7) is 2.10. The minimum absolute atomic E-state index is 0.129. The number of hydrogen-bond acceptors (Lipinski definition) is 3. The first-order valence-corrected chi connectivity index (χ1v) is 18.9. The van der Waals surface area contributed by atoms with Gasteiger partial charge in [-0.15, -0.1) is 0 Å². The summed E-state index contributed by atoms with van der Waals surface area (Å²) < 4.78 is 14.1. The van der Waals surface area contributed by atoms with Crippen LogP contribution in [-0.4, -0.2) is 10.6 Å². The Kier molecular flexibility index (Phi) is 6.71. The maximum atomic E-state index is 6.43. The van der Waals surface area contributed by atoms with Crippen LogP contribution in [0.15, 0.2) is 153 Å². The van der Waals surface area contributed by atoms with Crippen LogP contribution in [0.2, 0.25) is 0 Å². The molecular formula is C43H29INO2-. The summed E-state index contributed by atoms with van der Waals surface area (Å²) in [5.41, 5.74) is 11.3. The number of rotatable bonds is 5. The van der Waals surface area contributed by atoms with Crippen LogP contribution in [0.1, 0.15) is 12.5 Å². The molecule has 0 unspecified atom stereocenters. The third-order valence-electron chi connectivity index (χ3n) is 9.16. The van der Waals surface area contributed by atoms with E-state index in [0.717, 1.165) is 66.4 Å². The third-order valence-corrected chi connectivity index (χ3v) is 11.2. The Morgan fingerprint density at radius 3 is 1.79 bits per heavy atom. The predicted octanol–water partition coefficient (Wildman–Crippen LogP) is 9.00. The molecule has 0 aliphatic rings. The van der Waals surface area contributed by atoms with Crippen molar-refractivity contribution < 1.29 is 30.0 Å². The third kappa shape index (κ3) is 4.66. The summed E-state index contributed by atoms with van der Waals surface area (Å²) >= 11 is -0.129. The molecule has 9 rings (SSSR count). The number of alkyl halides is 1. The van der Waals surface area contributed by atoms with Gasteiger partial charge in [-0.05, 0) is 18.2 Å². The van der Waals surface area contributed by atoms with Crippen molar-refractivity contribution in [3.8, 4) is 22.3 Å². The van der Waals surface area contributed by atoms with Gasteiger partial charge in [0.1, 0.15) is 5.58 Å². The van der Waals surface area contributed by atoms with Crippen LogP contribution in [0.5, 0.6) is 0 Å². The quantitative estimate of drug-likeness (QED) is 0.101. The molecule has 0 aliphatic carbocycles. The first-order chi connectivity index (χ1) is 23.2. The summed E-state index contributed by atoms with van der Waals surface area (Å²) in [5, 5.41) is 6.77. The zero-order chi connectivity index (χ0) is 31.5. The second kappa shape index (κ2) is 11.2. The molecule has 226 valence electrons. The van der Waals surface area contributed by atoms with Gasteiger partial charge in [0.15, 0.2) is 11.2 Å². The predicted molar refractivity (Wildman–Crippen MR) is 192 cm³/mol. The van der Waals surface area contributed by atoms with Crippen molar-refractivity contribution >= 4 is 66.0 Å². The van der Waals surface area contributed by atoms with Crippen molar-refractivity contribution in [2.75, 3.05) is 4.93 Å². The fourth-order valence-electron chi connectivity index (χ4n) is 6.84. The number of hydrogen-bond donors (Lipinski definition) is 0. The van der Waals surface area contributed by atoms with Gasteiger partial charge in [-0.25, -0.2) is 0 Å². The fourth-order valence-corrected chi connectivity index (χ4v) is 8.21. The van der Waals surface area contributed by atoms with Crippen LogP contribution in [-0.2, 0) is 0 Å². The van der Waals surface area contributed by atoms with Gasteiger partial charge in [-0.1, -0.05) is 18.2 Å². The Morgan fingerprint density at radius 2 is 1.09 bits per heavy atom. The van der Waals surface area contributed by atoms with Gasteiger partial charge in [0, 0.05) is 10.8 Å². The molecule has 0 atom stereocenters. The second-order valence-electron chi connectivity index (χ2n) is 11.9. The van der Waals surface area contributed by atoms with Crippen LogP contribution < -0.4 is 21.2 Å². The number of benzene rings is 7. The molecule has 7 aromatic carbocycles. The number of fused-ring (bicyclic) bond motifs is 8. The first-order valence-electron chi connectivity index (χ1n) is 15.7. The van der Waals surface area contributed by atoms with Crippen LogP contribution in [0, 0.1) is 3.57 Å².